The number of ether oxygens (including phenoxy) is 1. The van der Waals surface area contributed by atoms with E-state index in [9.17, 15) is 9.59 Å². The highest BCUT2D eigenvalue weighted by atomic mass is 35.6. The van der Waals surface area contributed by atoms with Crippen molar-refractivity contribution in [2.24, 2.45) is 0 Å². The van der Waals surface area contributed by atoms with E-state index in [4.69, 9.17) is 46.4 Å². The molecule has 0 unspecified atom stereocenters. The zero-order valence-corrected chi connectivity index (χ0v) is 9.38. The highest BCUT2D eigenvalue weighted by Crippen LogP contribution is 2.26. The molecule has 0 aliphatic heterocycles. The van der Waals surface area contributed by atoms with Gasteiger partial charge in [0.05, 0.1) is 6.42 Å². The Bertz CT molecular complexity index is 199. The second kappa shape index (κ2) is 5.91. The molecule has 0 saturated carbocycles. The van der Waals surface area contributed by atoms with Crippen LogP contribution < -0.4 is 0 Å². The summed E-state index contributed by atoms with van der Waals surface area (Å²) < 4.78 is 2.89. The lowest BCUT2D eigenvalue weighted by atomic mass is 10.3. The van der Waals surface area contributed by atoms with Gasteiger partial charge >= 0.3 is 5.97 Å². The van der Waals surface area contributed by atoms with Crippen LogP contribution in [-0.4, -0.2) is 21.6 Å². The molecule has 0 N–H and O–H groups in total. The van der Waals surface area contributed by atoms with Crippen LogP contribution >= 0.6 is 46.4 Å². The van der Waals surface area contributed by atoms with Gasteiger partial charge in [0.2, 0.25) is 9.03 Å². The number of halogens is 4. The Kier molecular flexibility index (Phi) is 6.05. The topological polar surface area (TPSA) is 43.4 Å². The van der Waals surface area contributed by atoms with Crippen LogP contribution in [0.25, 0.3) is 0 Å². The van der Waals surface area contributed by atoms with E-state index in [-0.39, 0.29) is 19.4 Å². The Labute approximate surface area is 95.2 Å². The van der Waals surface area contributed by atoms with Gasteiger partial charge in [-0.3, -0.25) is 9.59 Å². The van der Waals surface area contributed by atoms with Gasteiger partial charge in [0.1, 0.15) is 6.61 Å². The van der Waals surface area contributed by atoms with Crippen LogP contribution in [0.5, 0.6) is 0 Å². The molecule has 0 amide bonds. The van der Waals surface area contributed by atoms with Gasteiger partial charge in [-0.2, -0.15) is 0 Å². The van der Waals surface area contributed by atoms with Crippen molar-refractivity contribution in [2.75, 3.05) is 6.61 Å². The minimum atomic E-state index is -1.62. The number of rotatable bonds is 4. The number of carbonyl (C=O) groups is 2. The molecule has 0 heterocycles. The van der Waals surface area contributed by atoms with Crippen LogP contribution in [0.15, 0.2) is 0 Å². The van der Waals surface area contributed by atoms with E-state index >= 15 is 0 Å². The maximum Gasteiger partial charge on any atom is 0.306 e. The zero-order chi connectivity index (χ0) is 10.5. The third-order valence-corrected chi connectivity index (χ3v) is 1.44. The van der Waals surface area contributed by atoms with E-state index < -0.39 is 15.0 Å². The average molecular weight is 268 g/mol. The second-order valence-corrected chi connectivity index (χ2v) is 5.07. The minimum absolute atomic E-state index is 0.0831. The Hall–Kier alpha value is 0.300. The smallest absolute Gasteiger partial charge is 0.306 e. The van der Waals surface area contributed by atoms with Crippen molar-refractivity contribution in [3.05, 3.63) is 0 Å². The fraction of sp³-hybridized carbons (Fsp3) is 0.667. The molecule has 0 aromatic rings. The maximum atomic E-state index is 10.8. The number of alkyl halides is 3. The van der Waals surface area contributed by atoms with Crippen molar-refractivity contribution in [1.29, 1.82) is 0 Å². The molecule has 0 fully saturated rings. The summed E-state index contributed by atoms with van der Waals surface area (Å²) >= 11 is 20.9. The molecule has 0 saturated heterocycles. The molecule has 0 aliphatic carbocycles. The van der Waals surface area contributed by atoms with Gasteiger partial charge in [-0.1, -0.05) is 34.8 Å². The average Bonchev–Trinajstić information content (AvgIpc) is 1.95. The van der Waals surface area contributed by atoms with Gasteiger partial charge in [0.25, 0.3) is 0 Å². The summed E-state index contributed by atoms with van der Waals surface area (Å²) in [6.45, 7) is -0.340. The molecule has 0 atom stereocenters. The van der Waals surface area contributed by atoms with Crippen molar-refractivity contribution < 1.29 is 14.3 Å². The molecule has 3 nitrogen and oxygen atoms in total. The van der Waals surface area contributed by atoms with Gasteiger partial charge in [0, 0.05) is 6.42 Å². The van der Waals surface area contributed by atoms with Gasteiger partial charge in [-0.25, -0.2) is 0 Å². The van der Waals surface area contributed by atoms with E-state index in [1.165, 1.54) is 0 Å². The summed E-state index contributed by atoms with van der Waals surface area (Å²) in [7, 11) is 0. The van der Waals surface area contributed by atoms with Crippen molar-refractivity contribution in [1.82, 2.24) is 0 Å². The lowest BCUT2D eigenvalue weighted by Gasteiger charge is -2.10. The summed E-state index contributed by atoms with van der Waals surface area (Å²) in [5.41, 5.74) is 0. The fourth-order valence-electron chi connectivity index (χ4n) is 0.435. The maximum absolute atomic E-state index is 10.8. The standard InChI is InChI=1S/C6H6Cl4O3/c7-4(11)1-2-5(12)13-3-6(8,9)10/h1-3H2. The SMILES string of the molecule is O=C(Cl)CCC(=O)OCC(Cl)(Cl)Cl. The van der Waals surface area contributed by atoms with Crippen LogP contribution in [0.2, 0.25) is 0 Å². The first kappa shape index (κ1) is 13.3. The number of hydrogen-bond acceptors (Lipinski definition) is 3. The molecule has 7 heteroatoms. The third-order valence-electron chi connectivity index (χ3n) is 0.922. The molecular formula is C6H6Cl4O3. The Morgan fingerprint density at radius 3 is 2.08 bits per heavy atom. The zero-order valence-electron chi connectivity index (χ0n) is 6.36. The minimum Gasteiger partial charge on any atom is -0.461 e. The first-order chi connectivity index (χ1) is 5.81. The fourth-order valence-corrected chi connectivity index (χ4v) is 0.693. The third kappa shape index (κ3) is 10.2. The molecular weight excluding hydrogens is 262 g/mol. The molecule has 0 bridgehead atoms. The number of hydrogen-bond donors (Lipinski definition) is 0. The normalized spacial score (nSPS) is 11.1. The summed E-state index contributed by atoms with van der Waals surface area (Å²) in [6.07, 6.45) is -0.191. The molecule has 76 valence electrons. The highest BCUT2D eigenvalue weighted by molar-refractivity contribution is 6.67. The van der Waals surface area contributed by atoms with Crippen LogP contribution in [0.3, 0.4) is 0 Å². The summed E-state index contributed by atoms with van der Waals surface area (Å²) in [6, 6.07) is 0. The molecule has 0 spiro atoms. The summed E-state index contributed by atoms with van der Waals surface area (Å²) in [5, 5.41) is -0.606. The monoisotopic (exact) mass is 266 g/mol. The lowest BCUT2D eigenvalue weighted by Crippen LogP contribution is -2.17. The quantitative estimate of drug-likeness (QED) is 0.446. The molecule has 0 aromatic carbocycles. The Morgan fingerprint density at radius 2 is 1.69 bits per heavy atom. The van der Waals surface area contributed by atoms with E-state index in [2.05, 4.69) is 4.74 Å². The van der Waals surface area contributed by atoms with Gasteiger partial charge in [0.15, 0.2) is 0 Å². The molecule has 0 aliphatic rings. The Morgan fingerprint density at radius 1 is 1.15 bits per heavy atom. The lowest BCUT2D eigenvalue weighted by molar-refractivity contribution is -0.144. The van der Waals surface area contributed by atoms with E-state index in [1.54, 1.807) is 0 Å². The second-order valence-electron chi connectivity index (χ2n) is 2.13. The molecule has 13 heavy (non-hydrogen) atoms. The van der Waals surface area contributed by atoms with Gasteiger partial charge < -0.3 is 4.74 Å². The Balaban J connectivity index is 3.58. The largest absolute Gasteiger partial charge is 0.461 e. The number of esters is 1. The molecule has 0 rings (SSSR count). The molecule has 0 aromatic heterocycles. The van der Waals surface area contributed by atoms with E-state index in [0.29, 0.717) is 0 Å². The van der Waals surface area contributed by atoms with Crippen molar-refractivity contribution in [3.63, 3.8) is 0 Å². The van der Waals surface area contributed by atoms with Crippen molar-refractivity contribution in [3.8, 4) is 0 Å². The van der Waals surface area contributed by atoms with Crippen LogP contribution in [0.4, 0.5) is 0 Å². The van der Waals surface area contributed by atoms with Crippen molar-refractivity contribution in [2.45, 2.75) is 16.6 Å². The highest BCUT2D eigenvalue weighted by Gasteiger charge is 2.22. The van der Waals surface area contributed by atoms with Crippen molar-refractivity contribution >= 4 is 57.6 Å². The van der Waals surface area contributed by atoms with Gasteiger partial charge in [-0.05, 0) is 11.6 Å². The van der Waals surface area contributed by atoms with E-state index in [1.807, 2.05) is 0 Å². The van der Waals surface area contributed by atoms with Crippen LogP contribution in [0, 0.1) is 0 Å². The van der Waals surface area contributed by atoms with Crippen LogP contribution in [-0.2, 0) is 14.3 Å². The summed E-state index contributed by atoms with van der Waals surface area (Å²) in [4.78, 5) is 21.0. The first-order valence-corrected chi connectivity index (χ1v) is 4.73. The van der Waals surface area contributed by atoms with E-state index in [0.717, 1.165) is 0 Å². The summed E-state index contributed by atoms with van der Waals surface area (Å²) in [5.74, 6) is -0.625. The predicted molar refractivity (Wildman–Crippen MR) is 51.3 cm³/mol. The van der Waals surface area contributed by atoms with Gasteiger partial charge in [-0.15, -0.1) is 0 Å². The molecule has 0 radical (unpaired) electrons. The predicted octanol–water partition coefficient (Wildman–Crippen LogP) is 2.45. The first-order valence-electron chi connectivity index (χ1n) is 3.22. The van der Waals surface area contributed by atoms with Crippen LogP contribution in [0.1, 0.15) is 12.8 Å². The number of carbonyl (C=O) groups excluding carboxylic acids is 2.